The number of esters is 1. The van der Waals surface area contributed by atoms with Crippen LogP contribution in [0.5, 0.6) is 0 Å². The lowest BCUT2D eigenvalue weighted by molar-refractivity contribution is -0.159. The van der Waals surface area contributed by atoms with E-state index in [4.69, 9.17) is 4.74 Å². The van der Waals surface area contributed by atoms with Gasteiger partial charge in [-0.2, -0.15) is 0 Å². The van der Waals surface area contributed by atoms with E-state index < -0.39 is 0 Å². The van der Waals surface area contributed by atoms with Gasteiger partial charge < -0.3 is 10.1 Å². The van der Waals surface area contributed by atoms with Gasteiger partial charge in [0.2, 0.25) is 0 Å². The number of carbonyl (C=O) groups excluding carboxylic acids is 1. The van der Waals surface area contributed by atoms with Gasteiger partial charge in [-0.1, -0.05) is 33.6 Å². The maximum absolute atomic E-state index is 12.4. The van der Waals surface area contributed by atoms with Crippen LogP contribution in [0, 0.1) is 11.3 Å². The number of carbonyl (C=O) groups is 1. The fraction of sp³-hybridized carbons (Fsp3) is 0.933. The molecule has 0 saturated carbocycles. The summed E-state index contributed by atoms with van der Waals surface area (Å²) in [5.74, 6) is 0.535. The van der Waals surface area contributed by atoms with Crippen LogP contribution >= 0.6 is 0 Å². The number of piperidine rings is 1. The zero-order chi connectivity index (χ0) is 13.4. The van der Waals surface area contributed by atoms with Gasteiger partial charge in [0.05, 0.1) is 12.0 Å². The second kappa shape index (κ2) is 7.78. The summed E-state index contributed by atoms with van der Waals surface area (Å²) in [6.45, 7) is 8.96. The molecule has 0 aromatic heterocycles. The van der Waals surface area contributed by atoms with Gasteiger partial charge in [-0.05, 0) is 44.7 Å². The van der Waals surface area contributed by atoms with Gasteiger partial charge in [-0.25, -0.2) is 0 Å². The molecule has 0 radical (unpaired) electrons. The molecule has 1 rings (SSSR count). The highest BCUT2D eigenvalue weighted by Gasteiger charge is 2.40. The smallest absolute Gasteiger partial charge is 0.312 e. The lowest BCUT2D eigenvalue weighted by Gasteiger charge is -2.35. The highest BCUT2D eigenvalue weighted by molar-refractivity contribution is 5.77. The first-order valence-corrected chi connectivity index (χ1v) is 7.52. The van der Waals surface area contributed by atoms with Crippen LogP contribution in [0.25, 0.3) is 0 Å². The Morgan fingerprint density at radius 3 is 2.50 bits per heavy atom. The van der Waals surface area contributed by atoms with Crippen LogP contribution in [0.1, 0.15) is 59.3 Å². The van der Waals surface area contributed by atoms with E-state index in [1.807, 2.05) is 0 Å². The minimum Gasteiger partial charge on any atom is -0.465 e. The molecular weight excluding hydrogens is 226 g/mol. The molecule has 1 unspecified atom stereocenters. The molecule has 1 aliphatic heterocycles. The average molecular weight is 255 g/mol. The van der Waals surface area contributed by atoms with Crippen molar-refractivity contribution >= 4 is 5.97 Å². The van der Waals surface area contributed by atoms with Gasteiger partial charge in [0.25, 0.3) is 0 Å². The molecule has 1 aliphatic rings. The van der Waals surface area contributed by atoms with Crippen LogP contribution in [0.3, 0.4) is 0 Å². The molecule has 1 heterocycles. The van der Waals surface area contributed by atoms with E-state index in [1.54, 1.807) is 0 Å². The average Bonchev–Trinajstić information content (AvgIpc) is 2.38. The third kappa shape index (κ3) is 4.27. The summed E-state index contributed by atoms with van der Waals surface area (Å²) in [7, 11) is 0. The van der Waals surface area contributed by atoms with Gasteiger partial charge in [0.15, 0.2) is 0 Å². The van der Waals surface area contributed by atoms with Crippen LogP contribution in [-0.4, -0.2) is 25.7 Å². The maximum atomic E-state index is 12.4. The molecule has 18 heavy (non-hydrogen) atoms. The molecule has 1 N–H and O–H groups in total. The quantitative estimate of drug-likeness (QED) is 0.710. The predicted molar refractivity (Wildman–Crippen MR) is 74.5 cm³/mol. The van der Waals surface area contributed by atoms with Crippen molar-refractivity contribution in [3.63, 3.8) is 0 Å². The molecule has 1 saturated heterocycles. The summed E-state index contributed by atoms with van der Waals surface area (Å²) in [4.78, 5) is 12.4. The predicted octanol–water partition coefficient (Wildman–Crippen LogP) is 3.14. The molecule has 0 spiro atoms. The van der Waals surface area contributed by atoms with E-state index in [9.17, 15) is 4.79 Å². The van der Waals surface area contributed by atoms with Crippen LogP contribution in [0.15, 0.2) is 0 Å². The van der Waals surface area contributed by atoms with Gasteiger partial charge >= 0.3 is 5.97 Å². The van der Waals surface area contributed by atoms with Crippen LogP contribution < -0.4 is 5.32 Å². The van der Waals surface area contributed by atoms with Crippen molar-refractivity contribution in [2.45, 2.75) is 59.3 Å². The Labute approximate surface area is 112 Å². The summed E-state index contributed by atoms with van der Waals surface area (Å²) >= 11 is 0. The Bertz CT molecular complexity index is 241. The minimum absolute atomic E-state index is 0.0498. The van der Waals surface area contributed by atoms with Crippen LogP contribution in [0.4, 0.5) is 0 Å². The fourth-order valence-corrected chi connectivity index (χ4v) is 2.89. The van der Waals surface area contributed by atoms with Gasteiger partial charge in [-0.3, -0.25) is 4.79 Å². The van der Waals surface area contributed by atoms with Gasteiger partial charge in [0, 0.05) is 0 Å². The summed E-state index contributed by atoms with van der Waals surface area (Å²) in [6.07, 6.45) is 6.18. The Morgan fingerprint density at radius 2 is 1.94 bits per heavy atom. The summed E-state index contributed by atoms with van der Waals surface area (Å²) in [5.41, 5.74) is -0.202. The molecule has 106 valence electrons. The second-order valence-electron chi connectivity index (χ2n) is 5.77. The molecule has 0 aromatic carbocycles. The largest absolute Gasteiger partial charge is 0.465 e. The molecule has 3 nitrogen and oxygen atoms in total. The third-order valence-electron chi connectivity index (χ3n) is 4.00. The van der Waals surface area contributed by atoms with Crippen LogP contribution in [-0.2, 0) is 9.53 Å². The van der Waals surface area contributed by atoms with Crippen molar-refractivity contribution in [3.8, 4) is 0 Å². The number of rotatable bonds is 7. The number of nitrogens with one attached hydrogen (secondary N) is 1. The number of hydrogen-bond acceptors (Lipinski definition) is 3. The lowest BCUT2D eigenvalue weighted by Crippen LogP contribution is -2.43. The fourth-order valence-electron chi connectivity index (χ4n) is 2.89. The highest BCUT2D eigenvalue weighted by atomic mass is 16.5. The normalized spacial score (nSPS) is 20.4. The number of ether oxygens (including phenoxy) is 1. The van der Waals surface area contributed by atoms with E-state index in [1.165, 1.54) is 0 Å². The topological polar surface area (TPSA) is 38.3 Å². The molecule has 0 aliphatic carbocycles. The third-order valence-corrected chi connectivity index (χ3v) is 4.00. The first kappa shape index (κ1) is 15.5. The summed E-state index contributed by atoms with van der Waals surface area (Å²) in [5, 5.41) is 3.33. The van der Waals surface area contributed by atoms with Crippen molar-refractivity contribution in [2.24, 2.45) is 11.3 Å². The first-order chi connectivity index (χ1) is 8.64. The second-order valence-corrected chi connectivity index (χ2v) is 5.77. The lowest BCUT2D eigenvalue weighted by atomic mass is 9.75. The molecular formula is C15H29NO2. The molecule has 1 fully saturated rings. The highest BCUT2D eigenvalue weighted by Crippen LogP contribution is 2.35. The Hall–Kier alpha value is -0.570. The van der Waals surface area contributed by atoms with E-state index in [-0.39, 0.29) is 11.4 Å². The SMILES string of the molecule is CCCC(C)COC(=O)C1(CCC)CCNCC1. The van der Waals surface area contributed by atoms with Crippen molar-refractivity contribution in [3.05, 3.63) is 0 Å². The van der Waals surface area contributed by atoms with Crippen molar-refractivity contribution < 1.29 is 9.53 Å². The van der Waals surface area contributed by atoms with Crippen molar-refractivity contribution in [2.75, 3.05) is 19.7 Å². The molecule has 0 bridgehead atoms. The standard InChI is InChI=1S/C15H29NO2/c1-4-6-13(3)12-18-14(17)15(7-5-2)8-10-16-11-9-15/h13,16H,4-12H2,1-3H3. The van der Waals surface area contributed by atoms with E-state index in [2.05, 4.69) is 26.1 Å². The summed E-state index contributed by atoms with van der Waals surface area (Å²) in [6, 6.07) is 0. The Kier molecular flexibility index (Phi) is 6.69. The zero-order valence-corrected chi connectivity index (χ0v) is 12.3. The van der Waals surface area contributed by atoms with Crippen molar-refractivity contribution in [1.29, 1.82) is 0 Å². The van der Waals surface area contributed by atoms with E-state index in [0.717, 1.165) is 51.6 Å². The monoisotopic (exact) mass is 255 g/mol. The minimum atomic E-state index is -0.202. The Morgan fingerprint density at radius 1 is 1.28 bits per heavy atom. The molecule has 0 aromatic rings. The summed E-state index contributed by atoms with van der Waals surface area (Å²) < 4.78 is 5.59. The van der Waals surface area contributed by atoms with Gasteiger partial charge in [0.1, 0.15) is 0 Å². The van der Waals surface area contributed by atoms with Crippen LogP contribution in [0.2, 0.25) is 0 Å². The zero-order valence-electron chi connectivity index (χ0n) is 12.3. The first-order valence-electron chi connectivity index (χ1n) is 7.52. The maximum Gasteiger partial charge on any atom is 0.312 e. The van der Waals surface area contributed by atoms with E-state index in [0.29, 0.717) is 12.5 Å². The molecule has 0 amide bonds. The molecule has 3 heteroatoms. The number of hydrogen-bond donors (Lipinski definition) is 1. The Balaban J connectivity index is 2.49. The van der Waals surface area contributed by atoms with Gasteiger partial charge in [-0.15, -0.1) is 0 Å². The van der Waals surface area contributed by atoms with E-state index >= 15 is 0 Å². The molecule has 1 atom stereocenters. The van der Waals surface area contributed by atoms with Crippen molar-refractivity contribution in [1.82, 2.24) is 5.32 Å².